The lowest BCUT2D eigenvalue weighted by Gasteiger charge is -2.11. The lowest BCUT2D eigenvalue weighted by atomic mass is 10.2. The number of para-hydroxylation sites is 2. The number of carbonyl (C=O) groups excluding carboxylic acids is 1. The van der Waals surface area contributed by atoms with Gasteiger partial charge in [0.05, 0.1) is 11.4 Å². The number of thioether (sulfide) groups is 1. The Kier molecular flexibility index (Phi) is 4.43. The summed E-state index contributed by atoms with van der Waals surface area (Å²) in [5, 5.41) is 7.66. The van der Waals surface area contributed by atoms with E-state index in [2.05, 4.69) is 10.4 Å². The van der Waals surface area contributed by atoms with E-state index in [9.17, 15) is 4.79 Å². The van der Waals surface area contributed by atoms with Crippen LogP contribution < -0.4 is 10.1 Å². The molecular weight excluding hydrogens is 334 g/mol. The number of aromatic nitrogens is 2. The van der Waals surface area contributed by atoms with Crippen LogP contribution >= 0.6 is 11.8 Å². The molecule has 1 aliphatic rings. The second-order valence-corrected chi connectivity index (χ2v) is 6.65. The number of carbonyl (C=O) groups is 1. The fourth-order valence-electron chi connectivity index (χ4n) is 2.73. The number of hydrogen-bond acceptors (Lipinski definition) is 4. The third kappa shape index (κ3) is 3.39. The summed E-state index contributed by atoms with van der Waals surface area (Å²) >= 11 is 1.81. The summed E-state index contributed by atoms with van der Waals surface area (Å²) in [5.74, 6) is 2.96. The van der Waals surface area contributed by atoms with E-state index in [-0.39, 0.29) is 12.5 Å². The number of fused-ring (bicyclic) bond motifs is 1. The van der Waals surface area contributed by atoms with Gasteiger partial charge in [-0.15, -0.1) is 0 Å². The maximum Gasteiger partial charge on any atom is 0.263 e. The van der Waals surface area contributed by atoms with Gasteiger partial charge in [0.1, 0.15) is 11.6 Å². The number of ether oxygens (including phenoxy) is 1. The molecule has 0 fully saturated rings. The van der Waals surface area contributed by atoms with Crippen LogP contribution in [-0.4, -0.2) is 22.3 Å². The molecule has 0 bridgehead atoms. The van der Waals surface area contributed by atoms with Gasteiger partial charge < -0.3 is 10.1 Å². The molecule has 25 heavy (non-hydrogen) atoms. The Balaban J connectivity index is 1.54. The quantitative estimate of drug-likeness (QED) is 0.762. The van der Waals surface area contributed by atoms with Gasteiger partial charge in [-0.1, -0.05) is 36.4 Å². The fourth-order valence-corrected chi connectivity index (χ4v) is 3.77. The van der Waals surface area contributed by atoms with Crippen LogP contribution in [0.15, 0.2) is 60.7 Å². The molecule has 0 saturated heterocycles. The minimum Gasteiger partial charge on any atom is -0.484 e. The molecule has 1 aliphatic heterocycles. The Bertz CT molecular complexity index is 878. The summed E-state index contributed by atoms with van der Waals surface area (Å²) in [5.41, 5.74) is 3.07. The van der Waals surface area contributed by atoms with Gasteiger partial charge in [-0.25, -0.2) is 4.68 Å². The number of amides is 1. The van der Waals surface area contributed by atoms with E-state index in [4.69, 9.17) is 4.74 Å². The average molecular weight is 351 g/mol. The van der Waals surface area contributed by atoms with Crippen molar-refractivity contribution in [3.8, 4) is 11.4 Å². The van der Waals surface area contributed by atoms with E-state index in [1.807, 2.05) is 65.3 Å². The molecule has 0 spiro atoms. The molecule has 2 aromatic carbocycles. The highest BCUT2D eigenvalue weighted by Crippen LogP contribution is 2.36. The zero-order chi connectivity index (χ0) is 17.1. The van der Waals surface area contributed by atoms with Crippen LogP contribution in [0, 0.1) is 0 Å². The highest BCUT2D eigenvalue weighted by atomic mass is 32.2. The SMILES string of the molecule is O=C(COc1ccccc1)Nc1c2c(nn1-c1ccccc1)CSC2. The van der Waals surface area contributed by atoms with Crippen LogP contribution in [0.3, 0.4) is 0 Å². The van der Waals surface area contributed by atoms with Crippen molar-refractivity contribution in [1.82, 2.24) is 9.78 Å². The monoisotopic (exact) mass is 351 g/mol. The minimum absolute atomic E-state index is 0.0358. The van der Waals surface area contributed by atoms with E-state index in [0.29, 0.717) is 5.75 Å². The predicted octanol–water partition coefficient (Wildman–Crippen LogP) is 3.64. The van der Waals surface area contributed by atoms with E-state index in [0.717, 1.165) is 34.3 Å². The molecule has 3 aromatic rings. The van der Waals surface area contributed by atoms with Crippen LogP contribution in [0.25, 0.3) is 5.69 Å². The summed E-state index contributed by atoms with van der Waals surface area (Å²) < 4.78 is 7.34. The standard InChI is InChI=1S/C19H17N3O2S/c23-18(11-24-15-9-5-2-6-10-15)20-19-16-12-25-13-17(16)21-22(19)14-7-3-1-4-8-14/h1-10H,11-13H2,(H,20,23). The number of benzene rings is 2. The van der Waals surface area contributed by atoms with Crippen LogP contribution in [0.4, 0.5) is 5.82 Å². The first-order valence-electron chi connectivity index (χ1n) is 8.03. The Hall–Kier alpha value is -2.73. The minimum atomic E-state index is -0.194. The first kappa shape index (κ1) is 15.8. The number of rotatable bonds is 5. The molecule has 1 amide bonds. The summed E-state index contributed by atoms with van der Waals surface area (Å²) in [6.45, 7) is -0.0358. The van der Waals surface area contributed by atoms with E-state index in [1.54, 1.807) is 11.8 Å². The van der Waals surface area contributed by atoms with Crippen LogP contribution in [0.1, 0.15) is 11.3 Å². The lowest BCUT2D eigenvalue weighted by Crippen LogP contribution is -2.22. The third-order valence-electron chi connectivity index (χ3n) is 3.92. The summed E-state index contributed by atoms with van der Waals surface area (Å²) in [6.07, 6.45) is 0. The number of anilines is 1. The van der Waals surface area contributed by atoms with Crippen molar-refractivity contribution in [2.24, 2.45) is 0 Å². The molecule has 0 radical (unpaired) electrons. The molecule has 0 unspecified atom stereocenters. The van der Waals surface area contributed by atoms with Gasteiger partial charge in [-0.3, -0.25) is 4.79 Å². The maximum absolute atomic E-state index is 12.4. The molecule has 1 N–H and O–H groups in total. The summed E-state index contributed by atoms with van der Waals surface area (Å²) in [7, 11) is 0. The summed E-state index contributed by atoms with van der Waals surface area (Å²) in [6, 6.07) is 19.2. The van der Waals surface area contributed by atoms with E-state index >= 15 is 0 Å². The molecule has 4 rings (SSSR count). The van der Waals surface area contributed by atoms with E-state index in [1.165, 1.54) is 0 Å². The topological polar surface area (TPSA) is 56.1 Å². The van der Waals surface area contributed by atoms with Crippen LogP contribution in [0.2, 0.25) is 0 Å². The largest absolute Gasteiger partial charge is 0.484 e. The van der Waals surface area contributed by atoms with Crippen molar-refractivity contribution < 1.29 is 9.53 Å². The van der Waals surface area contributed by atoms with Crippen molar-refractivity contribution in [1.29, 1.82) is 0 Å². The lowest BCUT2D eigenvalue weighted by molar-refractivity contribution is -0.118. The van der Waals surface area contributed by atoms with Crippen molar-refractivity contribution in [2.45, 2.75) is 11.5 Å². The molecular formula is C19H17N3O2S. The van der Waals surface area contributed by atoms with Crippen LogP contribution in [0.5, 0.6) is 5.75 Å². The highest BCUT2D eigenvalue weighted by Gasteiger charge is 2.24. The van der Waals surface area contributed by atoms with Gasteiger partial charge in [-0.05, 0) is 24.3 Å². The van der Waals surface area contributed by atoms with Crippen molar-refractivity contribution in [3.05, 3.63) is 71.9 Å². The fraction of sp³-hybridized carbons (Fsp3) is 0.158. The Morgan fingerprint density at radius 3 is 2.56 bits per heavy atom. The molecule has 6 heteroatoms. The first-order valence-corrected chi connectivity index (χ1v) is 9.18. The Labute approximate surface area is 150 Å². The van der Waals surface area contributed by atoms with Crippen LogP contribution in [-0.2, 0) is 16.3 Å². The maximum atomic E-state index is 12.4. The molecule has 126 valence electrons. The average Bonchev–Trinajstić information content (AvgIpc) is 3.24. The predicted molar refractivity (Wildman–Crippen MR) is 99.1 cm³/mol. The summed E-state index contributed by atoms with van der Waals surface area (Å²) in [4.78, 5) is 12.4. The molecule has 1 aromatic heterocycles. The molecule has 2 heterocycles. The van der Waals surface area contributed by atoms with Gasteiger partial charge in [0.2, 0.25) is 0 Å². The molecule has 0 saturated carbocycles. The number of nitrogens with zero attached hydrogens (tertiary/aromatic N) is 2. The van der Waals surface area contributed by atoms with Gasteiger partial charge in [0, 0.05) is 17.1 Å². The third-order valence-corrected chi connectivity index (χ3v) is 4.89. The number of nitrogens with one attached hydrogen (secondary N) is 1. The zero-order valence-corrected chi connectivity index (χ0v) is 14.3. The second kappa shape index (κ2) is 7.03. The highest BCUT2D eigenvalue weighted by molar-refractivity contribution is 7.98. The molecule has 0 atom stereocenters. The normalized spacial score (nSPS) is 12.6. The van der Waals surface area contributed by atoms with E-state index < -0.39 is 0 Å². The first-order chi connectivity index (χ1) is 12.3. The zero-order valence-electron chi connectivity index (χ0n) is 13.5. The van der Waals surface area contributed by atoms with Crippen molar-refractivity contribution >= 4 is 23.5 Å². The smallest absolute Gasteiger partial charge is 0.263 e. The van der Waals surface area contributed by atoms with Crippen molar-refractivity contribution in [3.63, 3.8) is 0 Å². The second-order valence-electron chi connectivity index (χ2n) is 5.66. The van der Waals surface area contributed by atoms with Gasteiger partial charge in [0.15, 0.2) is 6.61 Å². The molecule has 0 aliphatic carbocycles. The Morgan fingerprint density at radius 2 is 1.80 bits per heavy atom. The van der Waals surface area contributed by atoms with Crippen molar-refractivity contribution in [2.75, 3.05) is 11.9 Å². The Morgan fingerprint density at radius 1 is 1.08 bits per heavy atom. The molecule has 5 nitrogen and oxygen atoms in total. The van der Waals surface area contributed by atoms with Gasteiger partial charge >= 0.3 is 0 Å². The van der Waals surface area contributed by atoms with Gasteiger partial charge in [-0.2, -0.15) is 16.9 Å². The number of hydrogen-bond donors (Lipinski definition) is 1. The van der Waals surface area contributed by atoms with Gasteiger partial charge in [0.25, 0.3) is 5.91 Å².